The first-order valence-electron chi connectivity index (χ1n) is 5.84. The van der Waals surface area contributed by atoms with E-state index in [0.29, 0.717) is 18.0 Å². The molecule has 2 aromatic rings. The average Bonchev–Trinajstić information content (AvgIpc) is 2.84. The third kappa shape index (κ3) is 3.52. The van der Waals surface area contributed by atoms with Crippen LogP contribution in [0.1, 0.15) is 6.42 Å². The molecule has 0 unspecified atom stereocenters. The predicted molar refractivity (Wildman–Crippen MR) is 69.1 cm³/mol. The van der Waals surface area contributed by atoms with Gasteiger partial charge < -0.3 is 10.5 Å². The van der Waals surface area contributed by atoms with Crippen molar-refractivity contribution in [2.75, 3.05) is 6.54 Å². The average molecular weight is 262 g/mol. The number of aromatic nitrogens is 2. The van der Waals surface area contributed by atoms with E-state index in [2.05, 4.69) is 5.10 Å². The molecule has 0 atom stereocenters. The van der Waals surface area contributed by atoms with Gasteiger partial charge in [-0.2, -0.15) is 5.10 Å². The molecule has 0 bridgehead atoms. The van der Waals surface area contributed by atoms with Crippen molar-refractivity contribution in [3.63, 3.8) is 0 Å². The maximum atomic E-state index is 10.5. The van der Waals surface area contributed by atoms with Crippen LogP contribution in [0.4, 0.5) is 5.69 Å². The van der Waals surface area contributed by atoms with Gasteiger partial charge in [-0.25, -0.2) is 0 Å². The van der Waals surface area contributed by atoms with Crippen molar-refractivity contribution in [2.45, 2.75) is 13.0 Å². The minimum atomic E-state index is -0.450. The zero-order valence-electron chi connectivity index (χ0n) is 10.2. The molecule has 0 fully saturated rings. The van der Waals surface area contributed by atoms with E-state index in [1.165, 1.54) is 12.1 Å². The molecule has 1 aromatic heterocycles. The van der Waals surface area contributed by atoms with Crippen LogP contribution in [-0.2, 0) is 6.54 Å². The zero-order valence-corrected chi connectivity index (χ0v) is 10.2. The number of non-ortho nitro benzene ring substituents is 1. The first-order chi connectivity index (χ1) is 9.19. The summed E-state index contributed by atoms with van der Waals surface area (Å²) < 4.78 is 7.28. The van der Waals surface area contributed by atoms with Crippen molar-refractivity contribution in [1.82, 2.24) is 9.78 Å². The van der Waals surface area contributed by atoms with Gasteiger partial charge in [0.2, 0.25) is 0 Å². The van der Waals surface area contributed by atoms with E-state index in [4.69, 9.17) is 10.5 Å². The van der Waals surface area contributed by atoms with Crippen molar-refractivity contribution >= 4 is 5.69 Å². The SMILES string of the molecule is NCCCn1cc(Oc2ccc([N+](=O)[O-])cc2)cn1. The molecule has 0 amide bonds. The largest absolute Gasteiger partial charge is 0.454 e. The number of benzene rings is 1. The van der Waals surface area contributed by atoms with Crippen LogP contribution in [0.25, 0.3) is 0 Å². The van der Waals surface area contributed by atoms with E-state index in [1.54, 1.807) is 29.2 Å². The van der Waals surface area contributed by atoms with Gasteiger partial charge in [0.05, 0.1) is 17.3 Å². The second kappa shape index (κ2) is 5.96. The van der Waals surface area contributed by atoms with Crippen LogP contribution >= 0.6 is 0 Å². The molecule has 0 aliphatic heterocycles. The third-order valence-electron chi connectivity index (χ3n) is 2.48. The lowest BCUT2D eigenvalue weighted by molar-refractivity contribution is -0.384. The number of ether oxygens (including phenoxy) is 1. The standard InChI is InChI=1S/C12H14N4O3/c13-6-1-7-15-9-12(8-14-15)19-11-4-2-10(3-5-11)16(17)18/h2-5,8-9H,1,6-7,13H2. The molecular weight excluding hydrogens is 248 g/mol. The van der Waals surface area contributed by atoms with Crippen LogP contribution in [0.5, 0.6) is 11.5 Å². The Morgan fingerprint density at radius 1 is 1.32 bits per heavy atom. The fourth-order valence-corrected chi connectivity index (χ4v) is 1.54. The van der Waals surface area contributed by atoms with Gasteiger partial charge in [0.1, 0.15) is 5.75 Å². The molecule has 0 saturated heterocycles. The maximum absolute atomic E-state index is 10.5. The molecule has 1 aromatic carbocycles. The summed E-state index contributed by atoms with van der Waals surface area (Å²) in [6.45, 7) is 1.35. The van der Waals surface area contributed by atoms with Crippen LogP contribution in [0.15, 0.2) is 36.7 Å². The van der Waals surface area contributed by atoms with Crippen molar-refractivity contribution < 1.29 is 9.66 Å². The zero-order chi connectivity index (χ0) is 13.7. The highest BCUT2D eigenvalue weighted by atomic mass is 16.6. The Balaban J connectivity index is 2.00. The topological polar surface area (TPSA) is 96.2 Å². The van der Waals surface area contributed by atoms with Gasteiger partial charge in [-0.1, -0.05) is 0 Å². The van der Waals surface area contributed by atoms with Crippen LogP contribution in [0.2, 0.25) is 0 Å². The highest BCUT2D eigenvalue weighted by molar-refractivity contribution is 5.37. The quantitative estimate of drug-likeness (QED) is 0.633. The lowest BCUT2D eigenvalue weighted by Crippen LogP contribution is -2.05. The molecule has 0 aliphatic rings. The number of hydrogen-bond acceptors (Lipinski definition) is 5. The summed E-state index contributed by atoms with van der Waals surface area (Å²) in [5.41, 5.74) is 5.45. The van der Waals surface area contributed by atoms with Crippen LogP contribution < -0.4 is 10.5 Å². The lowest BCUT2D eigenvalue weighted by atomic mass is 10.3. The molecular formula is C12H14N4O3. The predicted octanol–water partition coefficient (Wildman–Crippen LogP) is 1.93. The summed E-state index contributed by atoms with van der Waals surface area (Å²) in [5, 5.41) is 14.6. The van der Waals surface area contributed by atoms with E-state index >= 15 is 0 Å². The van der Waals surface area contributed by atoms with E-state index in [-0.39, 0.29) is 5.69 Å². The number of nitro benzene ring substituents is 1. The molecule has 0 saturated carbocycles. The lowest BCUT2D eigenvalue weighted by Gasteiger charge is -2.02. The highest BCUT2D eigenvalue weighted by Gasteiger charge is 2.06. The maximum Gasteiger partial charge on any atom is 0.269 e. The Morgan fingerprint density at radius 2 is 2.05 bits per heavy atom. The van der Waals surface area contributed by atoms with Gasteiger partial charge in [0.25, 0.3) is 5.69 Å². The molecule has 2 rings (SSSR count). The van der Waals surface area contributed by atoms with Crippen molar-refractivity contribution in [2.24, 2.45) is 5.73 Å². The Bertz CT molecular complexity index is 550. The second-order valence-electron chi connectivity index (χ2n) is 3.93. The van der Waals surface area contributed by atoms with Crippen molar-refractivity contribution in [1.29, 1.82) is 0 Å². The van der Waals surface area contributed by atoms with Crippen molar-refractivity contribution in [3.8, 4) is 11.5 Å². The van der Waals surface area contributed by atoms with Gasteiger partial charge in [0, 0.05) is 18.7 Å². The molecule has 0 radical (unpaired) electrons. The summed E-state index contributed by atoms with van der Waals surface area (Å²) in [5.74, 6) is 1.12. The third-order valence-corrected chi connectivity index (χ3v) is 2.48. The Labute approximate surface area is 109 Å². The molecule has 100 valence electrons. The number of aryl methyl sites for hydroxylation is 1. The Morgan fingerprint density at radius 3 is 2.68 bits per heavy atom. The molecule has 2 N–H and O–H groups in total. The molecule has 7 nitrogen and oxygen atoms in total. The smallest absolute Gasteiger partial charge is 0.269 e. The van der Waals surface area contributed by atoms with Gasteiger partial charge in [-0.05, 0) is 25.1 Å². The minimum Gasteiger partial charge on any atom is -0.454 e. The normalized spacial score (nSPS) is 10.4. The summed E-state index contributed by atoms with van der Waals surface area (Å²) in [4.78, 5) is 10.1. The molecule has 0 spiro atoms. The van der Waals surface area contributed by atoms with Gasteiger partial charge >= 0.3 is 0 Å². The van der Waals surface area contributed by atoms with Crippen LogP contribution in [0, 0.1) is 10.1 Å². The summed E-state index contributed by atoms with van der Waals surface area (Å²) in [6, 6.07) is 5.90. The number of nitrogens with zero attached hydrogens (tertiary/aromatic N) is 3. The van der Waals surface area contributed by atoms with Gasteiger partial charge in [-0.3, -0.25) is 14.8 Å². The fraction of sp³-hybridized carbons (Fsp3) is 0.250. The van der Waals surface area contributed by atoms with E-state index < -0.39 is 4.92 Å². The van der Waals surface area contributed by atoms with E-state index in [9.17, 15) is 10.1 Å². The monoisotopic (exact) mass is 262 g/mol. The van der Waals surface area contributed by atoms with Gasteiger partial charge in [0.15, 0.2) is 5.75 Å². The second-order valence-corrected chi connectivity index (χ2v) is 3.93. The molecule has 1 heterocycles. The Kier molecular flexibility index (Phi) is 4.09. The molecule has 7 heteroatoms. The summed E-state index contributed by atoms with van der Waals surface area (Å²) in [6.07, 6.45) is 4.20. The fourth-order valence-electron chi connectivity index (χ4n) is 1.54. The number of nitrogens with two attached hydrogens (primary N) is 1. The number of nitro groups is 1. The van der Waals surface area contributed by atoms with Crippen LogP contribution in [0.3, 0.4) is 0 Å². The Hall–Kier alpha value is -2.41. The van der Waals surface area contributed by atoms with E-state index in [0.717, 1.165) is 13.0 Å². The highest BCUT2D eigenvalue weighted by Crippen LogP contribution is 2.23. The van der Waals surface area contributed by atoms with E-state index in [1.807, 2.05) is 0 Å². The first-order valence-corrected chi connectivity index (χ1v) is 5.84. The molecule has 0 aliphatic carbocycles. The number of hydrogen-bond donors (Lipinski definition) is 1. The van der Waals surface area contributed by atoms with Gasteiger partial charge in [-0.15, -0.1) is 0 Å². The van der Waals surface area contributed by atoms with Crippen LogP contribution in [-0.4, -0.2) is 21.2 Å². The first kappa shape index (κ1) is 13.0. The molecule has 19 heavy (non-hydrogen) atoms. The minimum absolute atomic E-state index is 0.0333. The van der Waals surface area contributed by atoms with Crippen molar-refractivity contribution in [3.05, 3.63) is 46.8 Å². The summed E-state index contributed by atoms with van der Waals surface area (Å²) in [7, 11) is 0. The number of rotatable bonds is 6. The summed E-state index contributed by atoms with van der Waals surface area (Å²) >= 11 is 0.